The standard InChI is InChI=1S/C4H4O/c1-3-4(2)5/h2-3H,1H2. The van der Waals surface area contributed by atoms with Gasteiger partial charge in [0.1, 0.15) is 0 Å². The SMILES string of the molecule is [CH]C(=O)C=C. The van der Waals surface area contributed by atoms with Gasteiger partial charge in [0.15, 0.2) is 5.78 Å². The van der Waals surface area contributed by atoms with Gasteiger partial charge in [-0.3, -0.25) is 4.79 Å². The molecule has 2 radical (unpaired) electrons. The minimum absolute atomic E-state index is 0.481. The number of rotatable bonds is 1. The van der Waals surface area contributed by atoms with Crippen molar-refractivity contribution in [2.24, 2.45) is 0 Å². The number of hydrogen-bond donors (Lipinski definition) is 0. The van der Waals surface area contributed by atoms with Gasteiger partial charge in [-0.1, -0.05) is 6.58 Å². The molecule has 0 rings (SSSR count). The molecule has 0 aliphatic rings. The Labute approximate surface area is 31.3 Å². The fourth-order valence-corrected chi connectivity index (χ4v) is 0. The predicted octanol–water partition coefficient (Wildman–Crippen LogP) is 0.453. The van der Waals surface area contributed by atoms with Gasteiger partial charge in [0.25, 0.3) is 0 Å². The fraction of sp³-hybridized carbons (Fsp3) is 0. The second kappa shape index (κ2) is 1.70. The maximum atomic E-state index is 9.47. The van der Waals surface area contributed by atoms with Crippen LogP contribution in [0.15, 0.2) is 12.7 Å². The Morgan fingerprint density at radius 1 is 2.00 bits per heavy atom. The minimum atomic E-state index is -0.481. The molecule has 0 saturated carbocycles. The summed E-state index contributed by atoms with van der Waals surface area (Å²) in [5, 5.41) is 0. The molecule has 1 nitrogen and oxygen atoms in total. The van der Waals surface area contributed by atoms with Crippen molar-refractivity contribution in [1.29, 1.82) is 0 Å². The lowest BCUT2D eigenvalue weighted by atomic mass is 10.5. The highest BCUT2D eigenvalue weighted by Gasteiger charge is 1.70. The number of ketones is 1. The van der Waals surface area contributed by atoms with Crippen LogP contribution in [0.25, 0.3) is 0 Å². The highest BCUT2D eigenvalue weighted by atomic mass is 16.1. The van der Waals surface area contributed by atoms with Crippen molar-refractivity contribution in [1.82, 2.24) is 0 Å². The monoisotopic (exact) mass is 68.0 g/mol. The lowest BCUT2D eigenvalue weighted by Crippen LogP contribution is -1.75. The molecule has 0 aliphatic heterocycles. The molecule has 0 aromatic rings. The average Bonchev–Trinajstić information content (AvgIpc) is 1.38. The molecule has 0 saturated heterocycles. The van der Waals surface area contributed by atoms with Crippen LogP contribution >= 0.6 is 0 Å². The van der Waals surface area contributed by atoms with Crippen LogP contribution in [0.5, 0.6) is 0 Å². The van der Waals surface area contributed by atoms with Crippen LogP contribution in [0.1, 0.15) is 0 Å². The quantitative estimate of drug-likeness (QED) is 0.408. The van der Waals surface area contributed by atoms with Crippen LogP contribution in [-0.4, -0.2) is 5.78 Å². The Morgan fingerprint density at radius 3 is 2.20 bits per heavy atom. The molecular formula is C4H4O. The number of allylic oxidation sites excluding steroid dienone is 1. The van der Waals surface area contributed by atoms with E-state index in [4.69, 9.17) is 0 Å². The van der Waals surface area contributed by atoms with Crippen LogP contribution in [0, 0.1) is 6.92 Å². The van der Waals surface area contributed by atoms with E-state index >= 15 is 0 Å². The summed E-state index contributed by atoms with van der Waals surface area (Å²) < 4.78 is 0. The highest BCUT2D eigenvalue weighted by molar-refractivity contribution is 5.92. The van der Waals surface area contributed by atoms with Crippen LogP contribution < -0.4 is 0 Å². The van der Waals surface area contributed by atoms with E-state index in [9.17, 15) is 4.79 Å². The first-order valence-corrected chi connectivity index (χ1v) is 1.19. The average molecular weight is 68.1 g/mol. The molecule has 0 fully saturated rings. The van der Waals surface area contributed by atoms with Gasteiger partial charge in [-0.15, -0.1) is 0 Å². The molecule has 0 heterocycles. The summed E-state index contributed by atoms with van der Waals surface area (Å²) in [6.07, 6.45) is 1.06. The second-order valence-corrected chi connectivity index (χ2v) is 0.606. The number of carbonyl (C=O) groups is 1. The van der Waals surface area contributed by atoms with Gasteiger partial charge < -0.3 is 0 Å². The summed E-state index contributed by atoms with van der Waals surface area (Å²) in [4.78, 5) is 9.47. The smallest absolute Gasteiger partial charge is 0.159 e. The zero-order valence-electron chi connectivity index (χ0n) is 2.77. The fourth-order valence-electron chi connectivity index (χ4n) is 0. The lowest BCUT2D eigenvalue weighted by Gasteiger charge is -1.61. The summed E-state index contributed by atoms with van der Waals surface area (Å²) in [5.74, 6) is -0.481. The van der Waals surface area contributed by atoms with Crippen molar-refractivity contribution in [3.05, 3.63) is 19.6 Å². The van der Waals surface area contributed by atoms with Gasteiger partial charge >= 0.3 is 0 Å². The number of carbonyl (C=O) groups excluding carboxylic acids is 1. The van der Waals surface area contributed by atoms with Crippen molar-refractivity contribution in [2.45, 2.75) is 0 Å². The summed E-state index contributed by atoms with van der Waals surface area (Å²) in [7, 11) is 0. The van der Waals surface area contributed by atoms with Crippen molar-refractivity contribution < 1.29 is 4.79 Å². The van der Waals surface area contributed by atoms with E-state index in [-0.39, 0.29) is 0 Å². The van der Waals surface area contributed by atoms with Crippen LogP contribution in [0.4, 0.5) is 0 Å². The molecular weight excluding hydrogens is 64.0 g/mol. The summed E-state index contributed by atoms with van der Waals surface area (Å²) in [6.45, 7) is 7.62. The maximum Gasteiger partial charge on any atom is 0.159 e. The zero-order valence-corrected chi connectivity index (χ0v) is 2.77. The van der Waals surface area contributed by atoms with Crippen molar-refractivity contribution >= 4 is 5.78 Å². The summed E-state index contributed by atoms with van der Waals surface area (Å²) in [6, 6.07) is 0. The maximum absolute atomic E-state index is 9.47. The Balaban J connectivity index is 3.20. The normalized spacial score (nSPS) is 6.60. The van der Waals surface area contributed by atoms with Crippen LogP contribution in [0.2, 0.25) is 0 Å². The third-order valence-corrected chi connectivity index (χ3v) is 0.201. The summed E-state index contributed by atoms with van der Waals surface area (Å²) >= 11 is 0. The second-order valence-electron chi connectivity index (χ2n) is 0.606. The van der Waals surface area contributed by atoms with E-state index in [1.807, 2.05) is 0 Å². The van der Waals surface area contributed by atoms with Gasteiger partial charge in [0.2, 0.25) is 0 Å². The highest BCUT2D eigenvalue weighted by Crippen LogP contribution is 1.59. The van der Waals surface area contributed by atoms with Gasteiger partial charge in [-0.2, -0.15) is 0 Å². The van der Waals surface area contributed by atoms with Crippen LogP contribution in [-0.2, 0) is 4.79 Å². The minimum Gasteiger partial charge on any atom is -0.295 e. The van der Waals surface area contributed by atoms with Gasteiger partial charge in [-0.25, -0.2) is 0 Å². The van der Waals surface area contributed by atoms with Crippen molar-refractivity contribution in [2.75, 3.05) is 0 Å². The van der Waals surface area contributed by atoms with E-state index in [1.165, 1.54) is 0 Å². The molecule has 0 N–H and O–H groups in total. The first-order valence-electron chi connectivity index (χ1n) is 1.19. The van der Waals surface area contributed by atoms with E-state index in [2.05, 4.69) is 13.5 Å². The van der Waals surface area contributed by atoms with Crippen molar-refractivity contribution in [3.8, 4) is 0 Å². The van der Waals surface area contributed by atoms with E-state index < -0.39 is 5.78 Å². The van der Waals surface area contributed by atoms with E-state index in [0.717, 1.165) is 6.08 Å². The molecule has 26 valence electrons. The Morgan fingerprint density at radius 2 is 2.20 bits per heavy atom. The molecule has 0 spiro atoms. The Hall–Kier alpha value is -0.590. The predicted molar refractivity (Wildman–Crippen MR) is 19.5 cm³/mol. The topological polar surface area (TPSA) is 17.1 Å². The lowest BCUT2D eigenvalue weighted by molar-refractivity contribution is -0.110. The largest absolute Gasteiger partial charge is 0.295 e. The Bertz CT molecular complexity index is 54.7. The van der Waals surface area contributed by atoms with Gasteiger partial charge in [0, 0.05) is 6.92 Å². The third kappa shape index (κ3) is 3.41. The molecule has 0 amide bonds. The molecule has 0 aromatic heterocycles. The summed E-state index contributed by atoms with van der Waals surface area (Å²) in [5.41, 5.74) is 0. The first kappa shape index (κ1) is 4.41. The zero-order chi connectivity index (χ0) is 4.28. The molecule has 0 bridgehead atoms. The molecule has 1 heteroatoms. The van der Waals surface area contributed by atoms with Crippen molar-refractivity contribution in [3.63, 3.8) is 0 Å². The number of hydrogen-bond acceptors (Lipinski definition) is 1. The van der Waals surface area contributed by atoms with E-state index in [0.29, 0.717) is 0 Å². The van der Waals surface area contributed by atoms with Gasteiger partial charge in [-0.05, 0) is 6.08 Å². The molecule has 0 unspecified atom stereocenters. The molecule has 0 aromatic carbocycles. The Kier molecular flexibility index (Phi) is 1.50. The molecule has 5 heavy (non-hydrogen) atoms. The molecule has 0 atom stereocenters. The third-order valence-electron chi connectivity index (χ3n) is 0.201. The molecule has 0 aliphatic carbocycles. The van der Waals surface area contributed by atoms with Crippen LogP contribution in [0.3, 0.4) is 0 Å². The van der Waals surface area contributed by atoms with E-state index in [1.54, 1.807) is 0 Å². The first-order chi connectivity index (χ1) is 2.27. The van der Waals surface area contributed by atoms with Gasteiger partial charge in [0.05, 0.1) is 0 Å².